The summed E-state index contributed by atoms with van der Waals surface area (Å²) in [4.78, 5) is 0. The van der Waals surface area contributed by atoms with Gasteiger partial charge in [0.05, 0.1) is 0 Å². The summed E-state index contributed by atoms with van der Waals surface area (Å²) in [6, 6.07) is 13.9. The molecule has 16 heavy (non-hydrogen) atoms. The van der Waals surface area contributed by atoms with Crippen molar-refractivity contribution < 1.29 is 4.74 Å². The molecule has 2 aromatic carbocycles. The van der Waals surface area contributed by atoms with Crippen molar-refractivity contribution in [1.29, 1.82) is 0 Å². The predicted molar refractivity (Wildman–Crippen MR) is 70.1 cm³/mol. The van der Waals surface area contributed by atoms with E-state index in [1.54, 1.807) is 0 Å². The van der Waals surface area contributed by atoms with Crippen molar-refractivity contribution in [2.24, 2.45) is 0 Å². The van der Waals surface area contributed by atoms with E-state index in [4.69, 9.17) is 4.74 Å². The van der Waals surface area contributed by atoms with E-state index in [9.17, 15) is 0 Å². The first-order chi connectivity index (χ1) is 7.66. The molecule has 1 nitrogen and oxygen atoms in total. The van der Waals surface area contributed by atoms with Gasteiger partial charge in [-0.15, -0.1) is 0 Å². The molecular formula is C14H13BrO. The van der Waals surface area contributed by atoms with Gasteiger partial charge in [-0.3, -0.25) is 0 Å². The predicted octanol–water partition coefficient (Wildman–Crippen LogP) is 4.86. The Labute approximate surface area is 104 Å². The lowest BCUT2D eigenvalue weighted by molar-refractivity contribution is 0.478. The van der Waals surface area contributed by atoms with Crippen LogP contribution in [-0.4, -0.2) is 0 Å². The summed E-state index contributed by atoms with van der Waals surface area (Å²) in [6.45, 7) is 4.13. The van der Waals surface area contributed by atoms with Crippen LogP contribution in [0.4, 0.5) is 0 Å². The Kier molecular flexibility index (Phi) is 3.30. The molecule has 0 spiro atoms. The summed E-state index contributed by atoms with van der Waals surface area (Å²) in [6.07, 6.45) is 0. The highest BCUT2D eigenvalue weighted by Crippen LogP contribution is 2.30. The molecule has 0 aliphatic rings. The van der Waals surface area contributed by atoms with Gasteiger partial charge in [0, 0.05) is 4.47 Å². The zero-order valence-corrected chi connectivity index (χ0v) is 10.9. The van der Waals surface area contributed by atoms with E-state index in [-0.39, 0.29) is 0 Å². The van der Waals surface area contributed by atoms with Gasteiger partial charge in [-0.1, -0.05) is 40.2 Å². The van der Waals surface area contributed by atoms with E-state index < -0.39 is 0 Å². The van der Waals surface area contributed by atoms with Crippen molar-refractivity contribution in [3.8, 4) is 11.5 Å². The molecule has 0 aromatic heterocycles. The van der Waals surface area contributed by atoms with Crippen molar-refractivity contribution in [3.05, 3.63) is 58.1 Å². The second kappa shape index (κ2) is 4.71. The fourth-order valence-electron chi connectivity index (χ4n) is 1.53. The van der Waals surface area contributed by atoms with Gasteiger partial charge in [0.1, 0.15) is 11.5 Å². The van der Waals surface area contributed by atoms with Gasteiger partial charge in [0.15, 0.2) is 0 Å². The standard InChI is InChI=1S/C14H13BrO/c1-10-8-11(2)14(9-13(10)15)16-12-6-4-3-5-7-12/h3-9H,1-2H3. The fraction of sp³-hybridized carbons (Fsp3) is 0.143. The second-order valence-electron chi connectivity index (χ2n) is 3.78. The molecular weight excluding hydrogens is 264 g/mol. The summed E-state index contributed by atoms with van der Waals surface area (Å²) >= 11 is 3.51. The Bertz CT molecular complexity index is 492. The topological polar surface area (TPSA) is 9.23 Å². The first-order valence-electron chi connectivity index (χ1n) is 5.16. The Balaban J connectivity index is 2.32. The van der Waals surface area contributed by atoms with Crippen LogP contribution in [0.3, 0.4) is 0 Å². The average Bonchev–Trinajstić information content (AvgIpc) is 2.27. The molecule has 2 heteroatoms. The maximum Gasteiger partial charge on any atom is 0.131 e. The summed E-state index contributed by atoms with van der Waals surface area (Å²) in [7, 11) is 0. The van der Waals surface area contributed by atoms with Crippen LogP contribution in [0, 0.1) is 13.8 Å². The van der Waals surface area contributed by atoms with Crippen LogP contribution in [-0.2, 0) is 0 Å². The first kappa shape index (κ1) is 11.2. The SMILES string of the molecule is Cc1cc(C)c(Oc2ccccc2)cc1Br. The normalized spacial score (nSPS) is 10.2. The van der Waals surface area contributed by atoms with Gasteiger partial charge in [0.2, 0.25) is 0 Å². The van der Waals surface area contributed by atoms with Gasteiger partial charge in [0.25, 0.3) is 0 Å². The van der Waals surface area contributed by atoms with E-state index in [0.29, 0.717) is 0 Å². The lowest BCUT2D eigenvalue weighted by atomic mass is 10.1. The number of hydrogen-bond acceptors (Lipinski definition) is 1. The van der Waals surface area contributed by atoms with Crippen molar-refractivity contribution in [2.75, 3.05) is 0 Å². The molecule has 0 heterocycles. The molecule has 0 N–H and O–H groups in total. The molecule has 0 atom stereocenters. The van der Waals surface area contributed by atoms with Crippen molar-refractivity contribution in [3.63, 3.8) is 0 Å². The average molecular weight is 277 g/mol. The molecule has 0 aliphatic carbocycles. The van der Waals surface area contributed by atoms with Crippen LogP contribution in [0.1, 0.15) is 11.1 Å². The van der Waals surface area contributed by atoms with Crippen LogP contribution in [0.5, 0.6) is 11.5 Å². The first-order valence-corrected chi connectivity index (χ1v) is 5.96. The zero-order chi connectivity index (χ0) is 11.5. The molecule has 0 saturated heterocycles. The highest BCUT2D eigenvalue weighted by molar-refractivity contribution is 9.10. The number of benzene rings is 2. The van der Waals surface area contributed by atoms with Gasteiger partial charge < -0.3 is 4.74 Å². The molecule has 2 rings (SSSR count). The van der Waals surface area contributed by atoms with Crippen molar-refractivity contribution in [2.45, 2.75) is 13.8 Å². The maximum atomic E-state index is 5.81. The van der Waals surface area contributed by atoms with E-state index >= 15 is 0 Å². The van der Waals surface area contributed by atoms with Gasteiger partial charge in [-0.25, -0.2) is 0 Å². The van der Waals surface area contributed by atoms with E-state index in [2.05, 4.69) is 35.8 Å². The molecule has 82 valence electrons. The van der Waals surface area contributed by atoms with Gasteiger partial charge in [-0.05, 0) is 43.2 Å². The van der Waals surface area contributed by atoms with Crippen LogP contribution >= 0.6 is 15.9 Å². The van der Waals surface area contributed by atoms with Crippen LogP contribution in [0.15, 0.2) is 46.9 Å². The Hall–Kier alpha value is -1.28. The quantitative estimate of drug-likeness (QED) is 0.761. The fourth-order valence-corrected chi connectivity index (χ4v) is 1.86. The summed E-state index contributed by atoms with van der Waals surface area (Å²) < 4.78 is 6.89. The smallest absolute Gasteiger partial charge is 0.131 e. The monoisotopic (exact) mass is 276 g/mol. The highest BCUT2D eigenvalue weighted by atomic mass is 79.9. The van der Waals surface area contributed by atoms with Crippen LogP contribution in [0.25, 0.3) is 0 Å². The lowest BCUT2D eigenvalue weighted by Crippen LogP contribution is -1.89. The minimum absolute atomic E-state index is 0.862. The van der Waals surface area contributed by atoms with Crippen LogP contribution < -0.4 is 4.74 Å². The van der Waals surface area contributed by atoms with Gasteiger partial charge >= 0.3 is 0 Å². The Morgan fingerprint density at radius 1 is 0.938 bits per heavy atom. The van der Waals surface area contributed by atoms with E-state index in [1.807, 2.05) is 36.4 Å². The number of hydrogen-bond donors (Lipinski definition) is 0. The summed E-state index contributed by atoms with van der Waals surface area (Å²) in [5.41, 5.74) is 2.36. The summed E-state index contributed by atoms with van der Waals surface area (Å²) in [5.74, 6) is 1.75. The minimum Gasteiger partial charge on any atom is -0.457 e. The van der Waals surface area contributed by atoms with Gasteiger partial charge in [-0.2, -0.15) is 0 Å². The minimum atomic E-state index is 0.862. The Morgan fingerprint density at radius 3 is 2.31 bits per heavy atom. The zero-order valence-electron chi connectivity index (χ0n) is 9.33. The second-order valence-corrected chi connectivity index (χ2v) is 4.64. The van der Waals surface area contributed by atoms with E-state index in [0.717, 1.165) is 21.5 Å². The number of halogens is 1. The molecule has 0 fully saturated rings. The third-order valence-corrected chi connectivity index (χ3v) is 3.28. The maximum absolute atomic E-state index is 5.81. The molecule has 0 unspecified atom stereocenters. The van der Waals surface area contributed by atoms with Crippen molar-refractivity contribution in [1.82, 2.24) is 0 Å². The molecule has 0 amide bonds. The lowest BCUT2D eigenvalue weighted by Gasteiger charge is -2.10. The molecule has 0 aliphatic heterocycles. The number of para-hydroxylation sites is 1. The molecule has 0 saturated carbocycles. The number of ether oxygens (including phenoxy) is 1. The highest BCUT2D eigenvalue weighted by Gasteiger charge is 2.04. The number of aryl methyl sites for hydroxylation is 2. The van der Waals surface area contributed by atoms with Crippen LogP contribution in [0.2, 0.25) is 0 Å². The molecule has 0 radical (unpaired) electrons. The van der Waals surface area contributed by atoms with E-state index in [1.165, 1.54) is 5.56 Å². The Morgan fingerprint density at radius 2 is 1.62 bits per heavy atom. The van der Waals surface area contributed by atoms with Crippen molar-refractivity contribution >= 4 is 15.9 Å². The largest absolute Gasteiger partial charge is 0.457 e. The summed E-state index contributed by atoms with van der Waals surface area (Å²) in [5, 5.41) is 0. The third-order valence-electron chi connectivity index (χ3n) is 2.43. The molecule has 2 aromatic rings. The third kappa shape index (κ3) is 2.45. The number of rotatable bonds is 2. The molecule has 0 bridgehead atoms.